The lowest BCUT2D eigenvalue weighted by atomic mass is 10.3. The summed E-state index contributed by atoms with van der Waals surface area (Å²) < 4.78 is 0. The summed E-state index contributed by atoms with van der Waals surface area (Å²) >= 11 is 0. The second-order valence-electron chi connectivity index (χ2n) is 4.36. The van der Waals surface area contributed by atoms with Crippen LogP contribution in [0.5, 0.6) is 0 Å². The molecular formula is C10H19N5O2. The Morgan fingerprint density at radius 2 is 2.00 bits per heavy atom. The second-order valence-corrected chi connectivity index (χ2v) is 4.36. The minimum Gasteiger partial charge on any atom is -0.369 e. The Hall–Kier alpha value is -1.63. The van der Waals surface area contributed by atoms with Gasteiger partial charge in [0, 0.05) is 19.4 Å². The molecule has 1 atom stereocenters. The lowest BCUT2D eigenvalue weighted by Crippen LogP contribution is -2.49. The van der Waals surface area contributed by atoms with Crippen molar-refractivity contribution in [3.63, 3.8) is 0 Å². The van der Waals surface area contributed by atoms with Crippen molar-refractivity contribution < 1.29 is 9.59 Å². The molecule has 0 spiro atoms. The van der Waals surface area contributed by atoms with E-state index in [9.17, 15) is 9.59 Å². The van der Waals surface area contributed by atoms with E-state index in [-0.39, 0.29) is 36.7 Å². The molecule has 1 aliphatic rings. The van der Waals surface area contributed by atoms with Gasteiger partial charge in [-0.1, -0.05) is 0 Å². The second kappa shape index (κ2) is 5.62. The summed E-state index contributed by atoms with van der Waals surface area (Å²) in [6.07, 6.45) is 0.457. The van der Waals surface area contributed by atoms with Gasteiger partial charge in [0.05, 0.1) is 6.04 Å². The summed E-state index contributed by atoms with van der Waals surface area (Å²) in [6.45, 7) is 2.65. The van der Waals surface area contributed by atoms with E-state index in [2.05, 4.69) is 10.4 Å². The van der Waals surface area contributed by atoms with Crippen LogP contribution in [0, 0.1) is 0 Å². The third-order valence-corrected chi connectivity index (χ3v) is 2.27. The van der Waals surface area contributed by atoms with Gasteiger partial charge in [0.15, 0.2) is 0 Å². The first-order valence-electron chi connectivity index (χ1n) is 5.50. The molecule has 0 aromatic carbocycles. The van der Waals surface area contributed by atoms with E-state index in [1.807, 2.05) is 25.9 Å². The van der Waals surface area contributed by atoms with E-state index in [0.717, 1.165) is 11.6 Å². The molecule has 17 heavy (non-hydrogen) atoms. The number of amides is 2. The predicted molar refractivity (Wildman–Crippen MR) is 63.9 cm³/mol. The number of nitrogens with zero attached hydrogens (tertiary/aromatic N) is 3. The summed E-state index contributed by atoms with van der Waals surface area (Å²) in [4.78, 5) is 28.7. The van der Waals surface area contributed by atoms with E-state index in [4.69, 9.17) is 5.73 Å². The number of guanidine groups is 1. The van der Waals surface area contributed by atoms with Crippen molar-refractivity contribution in [1.82, 2.24) is 15.3 Å². The van der Waals surface area contributed by atoms with Crippen LogP contribution in [0.2, 0.25) is 0 Å². The maximum absolute atomic E-state index is 11.3. The molecule has 1 unspecified atom stereocenters. The lowest BCUT2D eigenvalue weighted by Gasteiger charge is -2.18. The Morgan fingerprint density at radius 3 is 2.47 bits per heavy atom. The first-order valence-corrected chi connectivity index (χ1v) is 5.50. The molecule has 1 aliphatic heterocycles. The zero-order chi connectivity index (χ0) is 13.0. The van der Waals surface area contributed by atoms with Crippen molar-refractivity contribution in [2.24, 2.45) is 10.7 Å². The van der Waals surface area contributed by atoms with Crippen LogP contribution in [-0.2, 0) is 9.59 Å². The highest BCUT2D eigenvalue weighted by molar-refractivity contribution is 6.03. The van der Waals surface area contributed by atoms with Crippen LogP contribution in [0.3, 0.4) is 0 Å². The number of carbonyl (C=O) groups is 2. The van der Waals surface area contributed by atoms with Gasteiger partial charge >= 0.3 is 0 Å². The molecule has 1 heterocycles. The van der Waals surface area contributed by atoms with Gasteiger partial charge in [-0.05, 0) is 21.0 Å². The minimum absolute atomic E-state index is 0.00897. The average Bonchev–Trinajstić information content (AvgIpc) is 2.47. The van der Waals surface area contributed by atoms with Gasteiger partial charge in [-0.25, -0.2) is 4.99 Å². The standard InChI is InChI=1S/C10H19N5O2/c1-7(6-14(2)3)12-10(11)13-15-8(16)4-5-9(15)17/h7H,4-6H2,1-3H3,(H3,11,12,13). The number of hydrazine groups is 1. The fourth-order valence-corrected chi connectivity index (χ4v) is 1.65. The molecule has 7 nitrogen and oxygen atoms in total. The van der Waals surface area contributed by atoms with Crippen LogP contribution in [0.4, 0.5) is 0 Å². The number of aliphatic imine (C=N–C) groups is 1. The van der Waals surface area contributed by atoms with Gasteiger partial charge < -0.3 is 10.6 Å². The topological polar surface area (TPSA) is 91.0 Å². The van der Waals surface area contributed by atoms with Crippen LogP contribution in [0.1, 0.15) is 19.8 Å². The molecule has 1 rings (SSSR count). The molecule has 2 amide bonds. The Labute approximate surface area is 101 Å². The highest BCUT2D eigenvalue weighted by atomic mass is 16.2. The Balaban J connectivity index is 2.53. The summed E-state index contributed by atoms with van der Waals surface area (Å²) in [5.74, 6) is -0.454. The van der Waals surface area contributed by atoms with Crippen LogP contribution in [0.15, 0.2) is 4.99 Å². The highest BCUT2D eigenvalue weighted by Crippen LogP contribution is 2.08. The molecule has 7 heteroatoms. The SMILES string of the molecule is CC(CN(C)C)N=C(N)NN1C(=O)CCC1=O. The summed E-state index contributed by atoms with van der Waals surface area (Å²) in [6, 6.07) is -0.00897. The fraction of sp³-hybridized carbons (Fsp3) is 0.700. The third-order valence-electron chi connectivity index (χ3n) is 2.27. The van der Waals surface area contributed by atoms with Crippen LogP contribution < -0.4 is 11.2 Å². The van der Waals surface area contributed by atoms with Gasteiger partial charge in [0.2, 0.25) is 17.8 Å². The average molecular weight is 241 g/mol. The Kier molecular flexibility index (Phi) is 4.45. The van der Waals surface area contributed by atoms with Crippen LogP contribution in [0.25, 0.3) is 0 Å². The van der Waals surface area contributed by atoms with E-state index in [1.165, 1.54) is 0 Å². The molecule has 0 aromatic rings. The summed E-state index contributed by atoms with van der Waals surface area (Å²) in [5.41, 5.74) is 8.15. The fourth-order valence-electron chi connectivity index (χ4n) is 1.65. The van der Waals surface area contributed by atoms with Crippen molar-refractivity contribution in [3.05, 3.63) is 0 Å². The van der Waals surface area contributed by atoms with Gasteiger partial charge in [-0.3, -0.25) is 15.0 Å². The monoisotopic (exact) mass is 241 g/mol. The number of imide groups is 1. The predicted octanol–water partition coefficient (Wildman–Crippen LogP) is -1.10. The van der Waals surface area contributed by atoms with Gasteiger partial charge in [-0.2, -0.15) is 5.01 Å². The van der Waals surface area contributed by atoms with Gasteiger partial charge in [0.1, 0.15) is 0 Å². The van der Waals surface area contributed by atoms with Crippen molar-refractivity contribution in [2.75, 3.05) is 20.6 Å². The molecular weight excluding hydrogens is 222 g/mol. The molecule has 96 valence electrons. The van der Waals surface area contributed by atoms with Gasteiger partial charge in [-0.15, -0.1) is 0 Å². The number of likely N-dealkylation sites (N-methyl/N-ethyl adjacent to an activating group) is 1. The molecule has 0 saturated carbocycles. The number of nitrogens with one attached hydrogen (secondary N) is 1. The Bertz CT molecular complexity index is 324. The number of hydrogen-bond acceptors (Lipinski definition) is 4. The van der Waals surface area contributed by atoms with Crippen LogP contribution >= 0.6 is 0 Å². The quantitative estimate of drug-likeness (QED) is 0.370. The number of carbonyl (C=O) groups excluding carboxylic acids is 2. The molecule has 0 bridgehead atoms. The molecule has 1 saturated heterocycles. The molecule has 0 radical (unpaired) electrons. The first-order chi connectivity index (χ1) is 7.90. The van der Waals surface area contributed by atoms with Crippen molar-refractivity contribution in [2.45, 2.75) is 25.8 Å². The van der Waals surface area contributed by atoms with E-state index < -0.39 is 0 Å². The summed E-state index contributed by atoms with van der Waals surface area (Å²) in [7, 11) is 3.87. The minimum atomic E-state index is -0.270. The maximum atomic E-state index is 11.3. The lowest BCUT2D eigenvalue weighted by molar-refractivity contribution is -0.140. The van der Waals surface area contributed by atoms with Crippen molar-refractivity contribution >= 4 is 17.8 Å². The molecule has 3 N–H and O–H groups in total. The van der Waals surface area contributed by atoms with Gasteiger partial charge in [0.25, 0.3) is 0 Å². The molecule has 1 fully saturated rings. The third kappa shape index (κ3) is 4.03. The van der Waals surface area contributed by atoms with Crippen molar-refractivity contribution in [1.29, 1.82) is 0 Å². The number of hydrogen-bond donors (Lipinski definition) is 2. The Morgan fingerprint density at radius 1 is 1.47 bits per heavy atom. The summed E-state index contributed by atoms with van der Waals surface area (Å²) in [5, 5.41) is 0.932. The maximum Gasteiger partial charge on any atom is 0.248 e. The number of rotatable bonds is 4. The zero-order valence-electron chi connectivity index (χ0n) is 10.4. The van der Waals surface area contributed by atoms with E-state index >= 15 is 0 Å². The number of nitrogens with two attached hydrogens (primary N) is 1. The molecule has 0 aromatic heterocycles. The van der Waals surface area contributed by atoms with Crippen LogP contribution in [-0.4, -0.2) is 54.4 Å². The van der Waals surface area contributed by atoms with Crippen molar-refractivity contribution in [3.8, 4) is 0 Å². The largest absolute Gasteiger partial charge is 0.369 e. The van der Waals surface area contributed by atoms with E-state index in [0.29, 0.717) is 0 Å². The molecule has 0 aliphatic carbocycles. The normalized spacial score (nSPS) is 19.1. The zero-order valence-corrected chi connectivity index (χ0v) is 10.4. The first kappa shape index (κ1) is 13.4. The smallest absolute Gasteiger partial charge is 0.248 e. The van der Waals surface area contributed by atoms with E-state index in [1.54, 1.807) is 0 Å². The highest BCUT2D eigenvalue weighted by Gasteiger charge is 2.29.